The fourth-order valence-corrected chi connectivity index (χ4v) is 4.03. The van der Waals surface area contributed by atoms with Gasteiger partial charge in [0.05, 0.1) is 26.2 Å². The SMILES string of the molecule is N#CC(=Cc1ccc(O)c(Br)c1)c1nc(-c2cc3cc([N+](=O)[O-])ccc3oc2=O)cs1. The second-order valence-electron chi connectivity index (χ2n) is 6.35. The molecule has 0 aliphatic heterocycles. The summed E-state index contributed by atoms with van der Waals surface area (Å²) in [7, 11) is 0. The van der Waals surface area contributed by atoms with E-state index in [4.69, 9.17) is 4.42 Å². The second kappa shape index (κ2) is 8.14. The highest BCUT2D eigenvalue weighted by molar-refractivity contribution is 9.10. The van der Waals surface area contributed by atoms with Gasteiger partial charge in [-0.05, 0) is 51.8 Å². The number of allylic oxidation sites excluding steroid dienone is 1. The molecule has 2 aromatic carbocycles. The lowest BCUT2D eigenvalue weighted by Crippen LogP contribution is -2.03. The summed E-state index contributed by atoms with van der Waals surface area (Å²) in [5.74, 6) is 0.0791. The van der Waals surface area contributed by atoms with Gasteiger partial charge in [0.15, 0.2) is 0 Å². The number of fused-ring (bicyclic) bond motifs is 1. The first-order chi connectivity index (χ1) is 14.9. The number of aromatic nitrogens is 1. The minimum absolute atomic E-state index is 0.0791. The van der Waals surface area contributed by atoms with Gasteiger partial charge >= 0.3 is 5.63 Å². The number of nitro groups is 1. The Morgan fingerprint density at radius 2 is 2.10 bits per heavy atom. The molecule has 0 aliphatic rings. The van der Waals surface area contributed by atoms with Crippen LogP contribution in [0.4, 0.5) is 5.69 Å². The molecular formula is C21H10BrN3O5S. The number of benzene rings is 2. The molecule has 0 bridgehead atoms. The number of rotatable bonds is 4. The molecule has 4 rings (SSSR count). The van der Waals surface area contributed by atoms with Gasteiger partial charge in [0.1, 0.15) is 22.4 Å². The highest BCUT2D eigenvalue weighted by Gasteiger charge is 2.15. The smallest absolute Gasteiger partial charge is 0.345 e. The first-order valence-electron chi connectivity index (χ1n) is 8.64. The van der Waals surface area contributed by atoms with Crippen molar-refractivity contribution in [1.82, 2.24) is 4.98 Å². The third kappa shape index (κ3) is 4.09. The lowest BCUT2D eigenvalue weighted by atomic mass is 10.1. The number of hydrogen-bond acceptors (Lipinski definition) is 8. The van der Waals surface area contributed by atoms with Crippen molar-refractivity contribution in [1.29, 1.82) is 5.26 Å². The Hall–Kier alpha value is -3.81. The van der Waals surface area contributed by atoms with Gasteiger partial charge in [0.2, 0.25) is 0 Å². The average molecular weight is 496 g/mol. The molecule has 0 radical (unpaired) electrons. The van der Waals surface area contributed by atoms with Crippen LogP contribution in [0.15, 0.2) is 61.5 Å². The van der Waals surface area contributed by atoms with Gasteiger partial charge < -0.3 is 9.52 Å². The molecule has 0 amide bonds. The van der Waals surface area contributed by atoms with Crippen molar-refractivity contribution in [3.63, 3.8) is 0 Å². The topological polar surface area (TPSA) is 130 Å². The van der Waals surface area contributed by atoms with Crippen LogP contribution < -0.4 is 5.63 Å². The van der Waals surface area contributed by atoms with Gasteiger partial charge in [-0.2, -0.15) is 5.26 Å². The molecule has 0 atom stereocenters. The fraction of sp³-hybridized carbons (Fsp3) is 0. The number of nitriles is 1. The van der Waals surface area contributed by atoms with Crippen molar-refractivity contribution in [3.05, 3.63) is 83.4 Å². The number of aromatic hydroxyl groups is 1. The van der Waals surface area contributed by atoms with Crippen LogP contribution in [-0.4, -0.2) is 15.0 Å². The molecule has 0 unspecified atom stereocenters. The van der Waals surface area contributed by atoms with E-state index in [2.05, 4.69) is 27.0 Å². The summed E-state index contributed by atoms with van der Waals surface area (Å²) in [4.78, 5) is 27.3. The lowest BCUT2D eigenvalue weighted by molar-refractivity contribution is -0.384. The predicted octanol–water partition coefficient (Wildman–Crippen LogP) is 5.36. The van der Waals surface area contributed by atoms with Gasteiger partial charge in [-0.25, -0.2) is 9.78 Å². The van der Waals surface area contributed by atoms with Gasteiger partial charge in [-0.1, -0.05) is 6.07 Å². The van der Waals surface area contributed by atoms with E-state index in [9.17, 15) is 25.3 Å². The van der Waals surface area contributed by atoms with E-state index < -0.39 is 10.5 Å². The zero-order valence-corrected chi connectivity index (χ0v) is 17.8. The van der Waals surface area contributed by atoms with Crippen molar-refractivity contribution in [2.75, 3.05) is 0 Å². The van der Waals surface area contributed by atoms with E-state index in [1.807, 2.05) is 0 Å². The summed E-state index contributed by atoms with van der Waals surface area (Å²) in [5, 5.41) is 32.6. The Labute approximate surface area is 186 Å². The average Bonchev–Trinajstić information content (AvgIpc) is 3.23. The molecule has 0 spiro atoms. The molecule has 0 fully saturated rings. The maximum Gasteiger partial charge on any atom is 0.345 e. The summed E-state index contributed by atoms with van der Waals surface area (Å²) in [6.07, 6.45) is 1.61. The Morgan fingerprint density at radius 3 is 2.81 bits per heavy atom. The largest absolute Gasteiger partial charge is 0.507 e. The quantitative estimate of drug-likeness (QED) is 0.174. The number of non-ortho nitro benzene ring substituents is 1. The van der Waals surface area contributed by atoms with Crippen molar-refractivity contribution in [3.8, 4) is 23.1 Å². The number of phenolic OH excluding ortho intramolecular Hbond substituents is 1. The first kappa shape index (κ1) is 20.5. The Morgan fingerprint density at radius 1 is 1.29 bits per heavy atom. The van der Waals surface area contributed by atoms with Gasteiger partial charge in [0, 0.05) is 22.9 Å². The molecule has 0 saturated heterocycles. The summed E-state index contributed by atoms with van der Waals surface area (Å²) >= 11 is 4.40. The molecule has 2 aromatic heterocycles. The van der Waals surface area contributed by atoms with Gasteiger partial charge in [-0.15, -0.1) is 11.3 Å². The zero-order valence-electron chi connectivity index (χ0n) is 15.4. The van der Waals surface area contributed by atoms with Crippen LogP contribution in [0, 0.1) is 21.4 Å². The number of hydrogen-bond donors (Lipinski definition) is 1. The van der Waals surface area contributed by atoms with E-state index in [1.54, 1.807) is 23.6 Å². The highest BCUT2D eigenvalue weighted by Crippen LogP contribution is 2.30. The molecule has 2 heterocycles. The summed E-state index contributed by atoms with van der Waals surface area (Å²) in [6.45, 7) is 0. The normalized spacial score (nSPS) is 11.4. The van der Waals surface area contributed by atoms with Crippen LogP contribution in [0.1, 0.15) is 10.6 Å². The van der Waals surface area contributed by atoms with Gasteiger partial charge in [-0.3, -0.25) is 10.1 Å². The van der Waals surface area contributed by atoms with Crippen LogP contribution in [0.3, 0.4) is 0 Å². The number of nitro benzene ring substituents is 1. The molecule has 31 heavy (non-hydrogen) atoms. The molecule has 4 aromatic rings. The minimum atomic E-state index is -0.636. The second-order valence-corrected chi connectivity index (χ2v) is 8.06. The third-order valence-corrected chi connectivity index (χ3v) is 5.85. The molecule has 8 nitrogen and oxygen atoms in total. The maximum absolute atomic E-state index is 12.4. The third-order valence-electron chi connectivity index (χ3n) is 4.34. The van der Waals surface area contributed by atoms with Crippen LogP contribution in [0.5, 0.6) is 5.75 Å². The molecule has 1 N–H and O–H groups in total. The maximum atomic E-state index is 12.4. The summed E-state index contributed by atoms with van der Waals surface area (Å²) in [6, 6.07) is 12.3. The molecule has 0 aliphatic carbocycles. The predicted molar refractivity (Wildman–Crippen MR) is 120 cm³/mol. The number of nitrogens with zero attached hydrogens (tertiary/aromatic N) is 3. The lowest BCUT2D eigenvalue weighted by Gasteiger charge is -2.00. The van der Waals surface area contributed by atoms with Crippen molar-refractivity contribution in [2.24, 2.45) is 0 Å². The van der Waals surface area contributed by atoms with Crippen molar-refractivity contribution < 1.29 is 14.4 Å². The summed E-state index contributed by atoms with van der Waals surface area (Å²) in [5.41, 5.74) is 0.856. The molecular weight excluding hydrogens is 486 g/mol. The highest BCUT2D eigenvalue weighted by atomic mass is 79.9. The Bertz CT molecular complexity index is 1480. The van der Waals surface area contributed by atoms with E-state index in [1.165, 1.54) is 41.7 Å². The van der Waals surface area contributed by atoms with Crippen LogP contribution in [0.25, 0.3) is 33.9 Å². The monoisotopic (exact) mass is 495 g/mol. The van der Waals surface area contributed by atoms with Crippen LogP contribution >= 0.6 is 27.3 Å². The summed E-state index contributed by atoms with van der Waals surface area (Å²) < 4.78 is 5.76. The Kier molecular flexibility index (Phi) is 5.37. The molecule has 0 saturated carbocycles. The van der Waals surface area contributed by atoms with E-state index in [0.717, 1.165) is 0 Å². The van der Waals surface area contributed by atoms with Crippen molar-refractivity contribution in [2.45, 2.75) is 0 Å². The standard InChI is InChI=1S/C21H10BrN3O5S/c22-16-6-11(1-3-18(16)26)5-13(9-23)20-24-17(10-31-20)15-8-12-7-14(25(28)29)2-4-19(12)30-21(15)27/h1-8,10,26H. The van der Waals surface area contributed by atoms with E-state index in [-0.39, 0.29) is 28.2 Å². The fourth-order valence-electron chi connectivity index (χ4n) is 2.85. The number of phenols is 1. The van der Waals surface area contributed by atoms with Crippen LogP contribution in [0.2, 0.25) is 0 Å². The number of thiazole rings is 1. The van der Waals surface area contributed by atoms with Crippen molar-refractivity contribution >= 4 is 55.6 Å². The van der Waals surface area contributed by atoms with E-state index in [0.29, 0.717) is 26.1 Å². The zero-order chi connectivity index (χ0) is 22.1. The van der Waals surface area contributed by atoms with Gasteiger partial charge in [0.25, 0.3) is 5.69 Å². The van der Waals surface area contributed by atoms with E-state index >= 15 is 0 Å². The molecule has 10 heteroatoms. The van der Waals surface area contributed by atoms with Crippen LogP contribution in [-0.2, 0) is 0 Å². The Balaban J connectivity index is 1.76. The molecule has 152 valence electrons. The minimum Gasteiger partial charge on any atom is -0.507 e. The first-order valence-corrected chi connectivity index (χ1v) is 10.3. The number of halogens is 1.